The van der Waals surface area contributed by atoms with E-state index in [0.717, 1.165) is 23.3 Å². The Balaban J connectivity index is 1.93. The number of aryl methyl sites for hydroxylation is 1. The fourth-order valence-corrected chi connectivity index (χ4v) is 4.90. The summed E-state index contributed by atoms with van der Waals surface area (Å²) in [6.45, 7) is 3.71. The molecule has 0 aliphatic rings. The minimum absolute atomic E-state index is 0.0226. The van der Waals surface area contributed by atoms with E-state index in [4.69, 9.17) is 23.2 Å². The van der Waals surface area contributed by atoms with Gasteiger partial charge in [0.25, 0.3) is 5.91 Å². The number of sulfone groups is 1. The van der Waals surface area contributed by atoms with Crippen LogP contribution in [0.2, 0.25) is 10.0 Å². The van der Waals surface area contributed by atoms with Crippen LogP contribution in [0.15, 0.2) is 34.2 Å². The van der Waals surface area contributed by atoms with E-state index in [1.54, 1.807) is 18.2 Å². The molecule has 0 radical (unpaired) electrons. The monoisotopic (exact) mass is 495 g/mol. The highest BCUT2D eigenvalue weighted by molar-refractivity contribution is 7.92. The van der Waals surface area contributed by atoms with Gasteiger partial charge in [0.05, 0.1) is 0 Å². The number of carbonyl (C=O) groups is 1. The van der Waals surface area contributed by atoms with Crippen molar-refractivity contribution in [3.63, 3.8) is 0 Å². The summed E-state index contributed by atoms with van der Waals surface area (Å²) in [6, 6.07) is 8.82. The number of nitriles is 1. The zero-order valence-electron chi connectivity index (χ0n) is 16.5. The van der Waals surface area contributed by atoms with E-state index in [-0.39, 0.29) is 15.0 Å². The number of nitrogens with one attached hydrogen (secondary N) is 1. The van der Waals surface area contributed by atoms with E-state index in [0.29, 0.717) is 26.9 Å². The fraction of sp³-hybridized carbons (Fsp3) is 0.158. The number of hydrogen-bond acceptors (Lipinski definition) is 7. The van der Waals surface area contributed by atoms with Gasteiger partial charge in [-0.25, -0.2) is 8.42 Å². The lowest BCUT2D eigenvalue weighted by Gasteiger charge is -2.10. The second kappa shape index (κ2) is 8.80. The van der Waals surface area contributed by atoms with Gasteiger partial charge in [-0.1, -0.05) is 34.5 Å². The zero-order valence-corrected chi connectivity index (χ0v) is 19.6. The van der Waals surface area contributed by atoms with E-state index in [9.17, 15) is 18.5 Å². The van der Waals surface area contributed by atoms with Crippen LogP contribution in [0.25, 0.3) is 11.8 Å². The predicted octanol–water partition coefficient (Wildman–Crippen LogP) is 4.20. The standard InChI is InChI=1S/C19H15Cl2N5O3S2/c1-10-4-12(11(2)26(10)16-7-14(20)6-15(21)8-16)5-13(9-22)17(27)23-18-24-25-19(30-18)31(3,28)29/h4-8H,1-3H3,(H,23,24,27). The summed E-state index contributed by atoms with van der Waals surface area (Å²) >= 11 is 12.9. The van der Waals surface area contributed by atoms with Gasteiger partial charge < -0.3 is 4.57 Å². The molecular formula is C19H15Cl2N5O3S2. The van der Waals surface area contributed by atoms with Crippen molar-refractivity contribution in [2.45, 2.75) is 18.2 Å². The van der Waals surface area contributed by atoms with Crippen LogP contribution in [-0.4, -0.2) is 35.3 Å². The molecule has 0 aliphatic heterocycles. The van der Waals surface area contributed by atoms with E-state index in [1.165, 1.54) is 6.08 Å². The second-order valence-corrected chi connectivity index (χ2v) is 10.6. The van der Waals surface area contributed by atoms with Crippen LogP contribution in [0.1, 0.15) is 17.0 Å². The van der Waals surface area contributed by atoms with Gasteiger partial charge in [0.15, 0.2) is 0 Å². The Morgan fingerprint density at radius 3 is 2.39 bits per heavy atom. The van der Waals surface area contributed by atoms with Crippen LogP contribution in [-0.2, 0) is 14.6 Å². The van der Waals surface area contributed by atoms with Crippen LogP contribution >= 0.6 is 34.5 Å². The average Bonchev–Trinajstić information content (AvgIpc) is 3.23. The molecule has 1 aromatic carbocycles. The van der Waals surface area contributed by atoms with Crippen molar-refractivity contribution in [3.05, 3.63) is 56.8 Å². The van der Waals surface area contributed by atoms with Gasteiger partial charge in [-0.05, 0) is 49.8 Å². The van der Waals surface area contributed by atoms with E-state index < -0.39 is 15.7 Å². The molecule has 12 heteroatoms. The van der Waals surface area contributed by atoms with Gasteiger partial charge in [0.1, 0.15) is 11.6 Å². The molecule has 160 valence electrons. The van der Waals surface area contributed by atoms with Crippen molar-refractivity contribution < 1.29 is 13.2 Å². The van der Waals surface area contributed by atoms with Crippen molar-refractivity contribution in [2.24, 2.45) is 0 Å². The molecule has 31 heavy (non-hydrogen) atoms. The Labute approximate surface area is 192 Å². The summed E-state index contributed by atoms with van der Waals surface area (Å²) in [4.78, 5) is 12.5. The maximum Gasteiger partial charge on any atom is 0.268 e. The van der Waals surface area contributed by atoms with Crippen LogP contribution in [0, 0.1) is 25.2 Å². The quantitative estimate of drug-likeness (QED) is 0.321. The molecule has 2 heterocycles. The Hall–Kier alpha value is -2.71. The molecule has 0 aliphatic carbocycles. The summed E-state index contributed by atoms with van der Waals surface area (Å²) < 4.78 is 24.7. The Morgan fingerprint density at radius 1 is 1.19 bits per heavy atom. The molecule has 0 fully saturated rings. The summed E-state index contributed by atoms with van der Waals surface area (Å²) in [5.41, 5.74) is 2.83. The fourth-order valence-electron chi connectivity index (χ4n) is 2.88. The first-order valence-electron chi connectivity index (χ1n) is 8.61. The molecule has 3 aromatic rings. The molecule has 2 aromatic heterocycles. The number of benzene rings is 1. The molecule has 0 unspecified atom stereocenters. The number of rotatable bonds is 5. The van der Waals surface area contributed by atoms with Crippen LogP contribution in [0.5, 0.6) is 0 Å². The Kier molecular flexibility index (Phi) is 6.52. The first-order valence-corrected chi connectivity index (χ1v) is 12.1. The van der Waals surface area contributed by atoms with Crippen LogP contribution in [0.4, 0.5) is 5.13 Å². The smallest absolute Gasteiger partial charge is 0.268 e. The molecule has 0 spiro atoms. The minimum atomic E-state index is -3.54. The maximum absolute atomic E-state index is 12.5. The number of hydrogen-bond donors (Lipinski definition) is 1. The molecule has 8 nitrogen and oxygen atoms in total. The summed E-state index contributed by atoms with van der Waals surface area (Å²) in [5, 5.41) is 20.0. The van der Waals surface area contributed by atoms with E-state index in [1.807, 2.05) is 30.6 Å². The maximum atomic E-state index is 12.5. The number of carbonyl (C=O) groups excluding carboxylic acids is 1. The number of anilines is 1. The highest BCUT2D eigenvalue weighted by Crippen LogP contribution is 2.28. The van der Waals surface area contributed by atoms with Crippen molar-refractivity contribution in [1.82, 2.24) is 14.8 Å². The third-order valence-corrected chi connectivity index (χ3v) is 7.13. The van der Waals surface area contributed by atoms with Gasteiger partial charge in [0.2, 0.25) is 19.3 Å². The number of nitrogens with zero attached hydrogens (tertiary/aromatic N) is 4. The normalized spacial score (nSPS) is 11.9. The third kappa shape index (κ3) is 5.14. The first kappa shape index (κ1) is 23.0. The number of halogens is 2. The lowest BCUT2D eigenvalue weighted by molar-refractivity contribution is -0.112. The molecule has 1 N–H and O–H groups in total. The Morgan fingerprint density at radius 2 is 1.84 bits per heavy atom. The largest absolute Gasteiger partial charge is 0.318 e. The van der Waals surface area contributed by atoms with Crippen molar-refractivity contribution >= 4 is 61.5 Å². The average molecular weight is 496 g/mol. The van der Waals surface area contributed by atoms with Gasteiger partial charge in [-0.15, -0.1) is 10.2 Å². The lowest BCUT2D eigenvalue weighted by Crippen LogP contribution is -2.13. The van der Waals surface area contributed by atoms with Gasteiger partial charge in [-0.3, -0.25) is 10.1 Å². The van der Waals surface area contributed by atoms with Gasteiger partial charge in [0, 0.05) is 33.4 Å². The SMILES string of the molecule is Cc1cc(C=C(C#N)C(=O)Nc2nnc(S(C)(=O)=O)s2)c(C)n1-c1cc(Cl)cc(Cl)c1. The molecule has 0 atom stereocenters. The molecule has 0 saturated heterocycles. The van der Waals surface area contributed by atoms with Crippen LogP contribution < -0.4 is 5.32 Å². The highest BCUT2D eigenvalue weighted by atomic mass is 35.5. The molecule has 0 bridgehead atoms. The predicted molar refractivity (Wildman–Crippen MR) is 121 cm³/mol. The summed E-state index contributed by atoms with van der Waals surface area (Å²) in [6.07, 6.45) is 2.43. The molecule has 1 amide bonds. The third-order valence-electron chi connectivity index (χ3n) is 4.18. The summed E-state index contributed by atoms with van der Waals surface area (Å²) in [7, 11) is -3.54. The highest BCUT2D eigenvalue weighted by Gasteiger charge is 2.18. The molecule has 0 saturated carbocycles. The van der Waals surface area contributed by atoms with Gasteiger partial charge >= 0.3 is 0 Å². The topological polar surface area (TPSA) is 118 Å². The van der Waals surface area contributed by atoms with Crippen molar-refractivity contribution in [2.75, 3.05) is 11.6 Å². The van der Waals surface area contributed by atoms with E-state index in [2.05, 4.69) is 15.5 Å². The second-order valence-electron chi connectivity index (χ2n) is 6.56. The molecular weight excluding hydrogens is 481 g/mol. The zero-order chi connectivity index (χ0) is 22.9. The van der Waals surface area contributed by atoms with Crippen molar-refractivity contribution in [1.29, 1.82) is 5.26 Å². The summed E-state index contributed by atoms with van der Waals surface area (Å²) in [5.74, 6) is -0.727. The van der Waals surface area contributed by atoms with Gasteiger partial charge in [-0.2, -0.15) is 5.26 Å². The molecule has 3 rings (SSSR count). The van der Waals surface area contributed by atoms with Crippen LogP contribution in [0.3, 0.4) is 0 Å². The number of aromatic nitrogens is 3. The minimum Gasteiger partial charge on any atom is -0.318 e. The Bertz CT molecular complexity index is 1350. The lowest BCUT2D eigenvalue weighted by atomic mass is 10.1. The first-order chi connectivity index (χ1) is 14.5. The van der Waals surface area contributed by atoms with E-state index >= 15 is 0 Å². The number of amides is 1. The van der Waals surface area contributed by atoms with Crippen molar-refractivity contribution in [3.8, 4) is 11.8 Å².